The number of likely N-dealkylation sites (tertiary alicyclic amines) is 1. The Balaban J connectivity index is 1.73. The Morgan fingerprint density at radius 3 is 2.91 bits per heavy atom. The third-order valence-electron chi connectivity index (χ3n) is 3.86. The molecule has 0 atom stereocenters. The largest absolute Gasteiger partial charge is 0.492 e. The van der Waals surface area contributed by atoms with E-state index in [2.05, 4.69) is 0 Å². The highest BCUT2D eigenvalue weighted by Gasteiger charge is 2.21. The third kappa shape index (κ3) is 4.76. The van der Waals surface area contributed by atoms with Crippen molar-refractivity contribution in [2.45, 2.75) is 26.2 Å². The van der Waals surface area contributed by atoms with Gasteiger partial charge >= 0.3 is 0 Å². The molecule has 0 saturated carbocycles. The lowest BCUT2D eigenvalue weighted by Crippen LogP contribution is -2.44. The molecule has 0 unspecified atom stereocenters. The van der Waals surface area contributed by atoms with Crippen LogP contribution in [0.1, 0.15) is 24.8 Å². The molecule has 1 aromatic rings. The highest BCUT2D eigenvalue weighted by Crippen LogP contribution is 2.12. The summed E-state index contributed by atoms with van der Waals surface area (Å²) in [5, 5.41) is 0. The number of piperidine rings is 1. The predicted octanol–water partition coefficient (Wildman–Crippen LogP) is 1.84. The lowest BCUT2D eigenvalue weighted by atomic mass is 10.1. The molecule has 1 aromatic carbocycles. The fourth-order valence-corrected chi connectivity index (χ4v) is 2.44. The maximum atomic E-state index is 12.1. The van der Waals surface area contributed by atoms with Gasteiger partial charge in [0.25, 0.3) is 0 Å². The second-order valence-electron chi connectivity index (χ2n) is 5.75. The summed E-state index contributed by atoms with van der Waals surface area (Å²) in [5.41, 5.74) is 1.14. The Morgan fingerprint density at radius 2 is 2.18 bits per heavy atom. The molecule has 1 aliphatic rings. The fraction of sp³-hybridized carbons (Fsp3) is 0.529. The van der Waals surface area contributed by atoms with Crippen LogP contribution < -0.4 is 4.74 Å². The normalized spacial score (nSPS) is 14.8. The van der Waals surface area contributed by atoms with Crippen molar-refractivity contribution in [3.05, 3.63) is 29.8 Å². The van der Waals surface area contributed by atoms with Crippen LogP contribution >= 0.6 is 0 Å². The number of likely N-dealkylation sites (N-methyl/N-ethyl adjacent to an activating group) is 1. The molecule has 2 rings (SSSR count). The Kier molecular flexibility index (Phi) is 5.81. The number of benzene rings is 1. The topological polar surface area (TPSA) is 49.9 Å². The lowest BCUT2D eigenvalue weighted by Gasteiger charge is -2.28. The Labute approximate surface area is 131 Å². The van der Waals surface area contributed by atoms with Gasteiger partial charge in [-0.1, -0.05) is 12.1 Å². The average molecular weight is 304 g/mol. The number of carbonyl (C=O) groups excluding carboxylic acids is 2. The van der Waals surface area contributed by atoms with Gasteiger partial charge in [-0.05, 0) is 37.5 Å². The van der Waals surface area contributed by atoms with Gasteiger partial charge in [-0.25, -0.2) is 0 Å². The van der Waals surface area contributed by atoms with Crippen LogP contribution in [-0.2, 0) is 9.59 Å². The number of ether oxygens (including phenoxy) is 1. The molecule has 22 heavy (non-hydrogen) atoms. The quantitative estimate of drug-likeness (QED) is 0.806. The summed E-state index contributed by atoms with van der Waals surface area (Å²) in [6.07, 6.45) is 2.48. The van der Waals surface area contributed by atoms with Crippen LogP contribution in [0.2, 0.25) is 0 Å². The number of aryl methyl sites for hydroxylation is 1. The highest BCUT2D eigenvalue weighted by molar-refractivity contribution is 5.85. The molecule has 1 heterocycles. The van der Waals surface area contributed by atoms with Gasteiger partial charge in [0.05, 0.1) is 13.1 Å². The molecule has 1 saturated heterocycles. The SMILES string of the molecule is Cc1cccc(OCCN(C)C(=O)CN2CCCCC2=O)c1. The van der Waals surface area contributed by atoms with Gasteiger partial charge in [0, 0.05) is 20.0 Å². The van der Waals surface area contributed by atoms with Crippen LogP contribution in [0.5, 0.6) is 5.75 Å². The van der Waals surface area contributed by atoms with Crippen LogP contribution in [0.15, 0.2) is 24.3 Å². The standard InChI is InChI=1S/C17H24N2O3/c1-14-6-5-7-15(12-14)22-11-10-18(2)17(21)13-19-9-4-3-8-16(19)20/h5-7,12H,3-4,8-11,13H2,1-2H3. The maximum Gasteiger partial charge on any atom is 0.242 e. The minimum absolute atomic E-state index is 0.0388. The first-order valence-corrected chi connectivity index (χ1v) is 7.77. The van der Waals surface area contributed by atoms with Gasteiger partial charge in [0.2, 0.25) is 11.8 Å². The van der Waals surface area contributed by atoms with E-state index in [4.69, 9.17) is 4.74 Å². The Bertz CT molecular complexity index is 530. The number of carbonyl (C=O) groups is 2. The molecule has 1 aliphatic heterocycles. The van der Waals surface area contributed by atoms with Crippen molar-refractivity contribution in [2.24, 2.45) is 0 Å². The van der Waals surface area contributed by atoms with Crippen molar-refractivity contribution in [2.75, 3.05) is 33.3 Å². The molecule has 0 N–H and O–H groups in total. The highest BCUT2D eigenvalue weighted by atomic mass is 16.5. The zero-order chi connectivity index (χ0) is 15.9. The average Bonchev–Trinajstić information content (AvgIpc) is 2.49. The second kappa shape index (κ2) is 7.82. The second-order valence-corrected chi connectivity index (χ2v) is 5.75. The zero-order valence-electron chi connectivity index (χ0n) is 13.4. The number of nitrogens with zero attached hydrogens (tertiary/aromatic N) is 2. The van der Waals surface area contributed by atoms with E-state index in [-0.39, 0.29) is 18.4 Å². The predicted molar refractivity (Wildman–Crippen MR) is 84.7 cm³/mol. The molecular weight excluding hydrogens is 280 g/mol. The molecule has 0 bridgehead atoms. The monoisotopic (exact) mass is 304 g/mol. The summed E-state index contributed by atoms with van der Waals surface area (Å²) in [7, 11) is 1.75. The van der Waals surface area contributed by atoms with Crippen LogP contribution in [0.4, 0.5) is 0 Å². The molecular formula is C17H24N2O3. The number of amides is 2. The third-order valence-corrected chi connectivity index (χ3v) is 3.86. The summed E-state index contributed by atoms with van der Waals surface area (Å²) in [6.45, 7) is 3.84. The van der Waals surface area contributed by atoms with E-state index < -0.39 is 0 Å². The zero-order valence-corrected chi connectivity index (χ0v) is 13.4. The van der Waals surface area contributed by atoms with Crippen molar-refractivity contribution in [3.8, 4) is 5.75 Å². The van der Waals surface area contributed by atoms with E-state index in [1.165, 1.54) is 0 Å². The summed E-state index contributed by atoms with van der Waals surface area (Å²) >= 11 is 0. The lowest BCUT2D eigenvalue weighted by molar-refractivity contribution is -0.141. The van der Waals surface area contributed by atoms with Crippen molar-refractivity contribution < 1.29 is 14.3 Å². The summed E-state index contributed by atoms with van der Waals surface area (Å²) in [5.74, 6) is 0.860. The number of hydrogen-bond acceptors (Lipinski definition) is 3. The van der Waals surface area contributed by atoms with Crippen molar-refractivity contribution in [1.29, 1.82) is 0 Å². The first kappa shape index (κ1) is 16.3. The van der Waals surface area contributed by atoms with Crippen LogP contribution in [0.25, 0.3) is 0 Å². The van der Waals surface area contributed by atoms with Crippen molar-refractivity contribution in [1.82, 2.24) is 9.80 Å². The Hall–Kier alpha value is -2.04. The van der Waals surface area contributed by atoms with Gasteiger partial charge in [0.15, 0.2) is 0 Å². The minimum Gasteiger partial charge on any atom is -0.492 e. The molecule has 120 valence electrons. The van der Waals surface area contributed by atoms with E-state index in [9.17, 15) is 9.59 Å². The van der Waals surface area contributed by atoms with E-state index >= 15 is 0 Å². The number of hydrogen-bond donors (Lipinski definition) is 0. The summed E-state index contributed by atoms with van der Waals surface area (Å²) in [6, 6.07) is 7.83. The number of rotatable bonds is 6. The first-order valence-electron chi connectivity index (χ1n) is 7.77. The summed E-state index contributed by atoms with van der Waals surface area (Å²) in [4.78, 5) is 27.1. The molecule has 2 amide bonds. The minimum atomic E-state index is -0.0388. The van der Waals surface area contributed by atoms with Gasteiger partial charge in [-0.3, -0.25) is 9.59 Å². The van der Waals surface area contributed by atoms with Gasteiger partial charge in [-0.15, -0.1) is 0 Å². The van der Waals surface area contributed by atoms with Crippen molar-refractivity contribution in [3.63, 3.8) is 0 Å². The van der Waals surface area contributed by atoms with Crippen LogP contribution in [0.3, 0.4) is 0 Å². The van der Waals surface area contributed by atoms with Crippen LogP contribution in [-0.4, -0.2) is 54.9 Å². The molecule has 0 spiro atoms. The fourth-order valence-electron chi connectivity index (χ4n) is 2.44. The maximum absolute atomic E-state index is 12.1. The van der Waals surface area contributed by atoms with Gasteiger partial charge in [-0.2, -0.15) is 0 Å². The first-order chi connectivity index (χ1) is 10.6. The smallest absolute Gasteiger partial charge is 0.242 e. The molecule has 0 aliphatic carbocycles. The van der Waals surface area contributed by atoms with Crippen LogP contribution in [0, 0.1) is 6.92 Å². The van der Waals surface area contributed by atoms with Gasteiger partial charge in [0.1, 0.15) is 12.4 Å². The van der Waals surface area contributed by atoms with Gasteiger partial charge < -0.3 is 14.5 Å². The molecule has 1 fully saturated rings. The molecule has 5 heteroatoms. The van der Waals surface area contributed by atoms with E-state index in [0.717, 1.165) is 24.2 Å². The van der Waals surface area contributed by atoms with Crippen molar-refractivity contribution >= 4 is 11.8 Å². The Morgan fingerprint density at radius 1 is 1.36 bits per heavy atom. The summed E-state index contributed by atoms with van der Waals surface area (Å²) < 4.78 is 5.64. The molecule has 5 nitrogen and oxygen atoms in total. The van der Waals surface area contributed by atoms with E-state index in [1.54, 1.807) is 16.8 Å². The molecule has 0 radical (unpaired) electrons. The van der Waals surface area contributed by atoms with E-state index in [1.807, 2.05) is 31.2 Å². The molecule has 0 aromatic heterocycles. The van der Waals surface area contributed by atoms with E-state index in [0.29, 0.717) is 26.1 Å².